The molecule has 2 aromatic carbocycles. The highest BCUT2D eigenvalue weighted by Gasteiger charge is 2.11. The molecule has 0 saturated heterocycles. The maximum atomic E-state index is 13.1. The first-order valence-corrected chi connectivity index (χ1v) is 6.84. The van der Waals surface area contributed by atoms with Gasteiger partial charge < -0.3 is 11.1 Å². The molecule has 0 aliphatic rings. The summed E-state index contributed by atoms with van der Waals surface area (Å²) in [5.41, 5.74) is 7.03. The van der Waals surface area contributed by atoms with Crippen molar-refractivity contribution in [1.82, 2.24) is 0 Å². The van der Waals surface area contributed by atoms with Crippen LogP contribution in [0.25, 0.3) is 0 Å². The Hall–Kier alpha value is -1.79. The van der Waals surface area contributed by atoms with Gasteiger partial charge in [0.1, 0.15) is 10.8 Å². The summed E-state index contributed by atoms with van der Waals surface area (Å²) in [6.45, 7) is 0. The number of carbonyl (C=O) groups is 1. The zero-order valence-electron chi connectivity index (χ0n) is 10.2. The van der Waals surface area contributed by atoms with Gasteiger partial charge in [-0.05, 0) is 46.3 Å². The predicted octanol–water partition coefficient (Wildman–Crippen LogP) is 3.47. The summed E-state index contributed by atoms with van der Waals surface area (Å²) in [4.78, 5) is 12.3. The Morgan fingerprint density at radius 3 is 2.60 bits per heavy atom. The Bertz CT molecular complexity index is 691. The zero-order chi connectivity index (χ0) is 14.7. The van der Waals surface area contributed by atoms with E-state index in [1.807, 2.05) is 0 Å². The molecule has 0 spiro atoms. The van der Waals surface area contributed by atoms with Crippen molar-refractivity contribution in [3.63, 3.8) is 0 Å². The van der Waals surface area contributed by atoms with Crippen LogP contribution in [-0.2, 0) is 0 Å². The maximum absolute atomic E-state index is 13.1. The van der Waals surface area contributed by atoms with E-state index in [0.717, 1.165) is 0 Å². The average Bonchev–Trinajstić information content (AvgIpc) is 2.42. The van der Waals surface area contributed by atoms with Gasteiger partial charge in [0.05, 0.1) is 10.2 Å². The highest BCUT2D eigenvalue weighted by molar-refractivity contribution is 9.10. The van der Waals surface area contributed by atoms with Crippen molar-refractivity contribution in [2.75, 3.05) is 5.32 Å². The number of para-hydroxylation sites is 1. The van der Waals surface area contributed by atoms with Gasteiger partial charge in [-0.1, -0.05) is 24.4 Å². The van der Waals surface area contributed by atoms with Crippen LogP contribution >= 0.6 is 28.1 Å². The van der Waals surface area contributed by atoms with Crippen LogP contribution in [-0.4, -0.2) is 10.9 Å². The van der Waals surface area contributed by atoms with Crippen molar-refractivity contribution in [2.24, 2.45) is 5.73 Å². The van der Waals surface area contributed by atoms with Crippen molar-refractivity contribution in [3.05, 3.63) is 63.9 Å². The Morgan fingerprint density at radius 1 is 1.25 bits per heavy atom. The normalized spacial score (nSPS) is 10.1. The molecule has 2 aromatic rings. The quantitative estimate of drug-likeness (QED) is 0.831. The molecule has 2 rings (SSSR count). The number of rotatable bonds is 3. The number of halogens is 2. The summed E-state index contributed by atoms with van der Waals surface area (Å²) in [6.07, 6.45) is 0. The fourth-order valence-electron chi connectivity index (χ4n) is 1.64. The fourth-order valence-corrected chi connectivity index (χ4v) is 2.20. The van der Waals surface area contributed by atoms with E-state index in [4.69, 9.17) is 18.0 Å². The van der Waals surface area contributed by atoms with Crippen molar-refractivity contribution in [1.29, 1.82) is 0 Å². The monoisotopic (exact) mass is 352 g/mol. The van der Waals surface area contributed by atoms with Crippen molar-refractivity contribution in [2.45, 2.75) is 0 Å². The van der Waals surface area contributed by atoms with Gasteiger partial charge in [-0.3, -0.25) is 4.79 Å². The molecular weight excluding hydrogens is 343 g/mol. The van der Waals surface area contributed by atoms with E-state index in [9.17, 15) is 9.18 Å². The molecule has 0 fully saturated rings. The van der Waals surface area contributed by atoms with Crippen LogP contribution in [0.2, 0.25) is 0 Å². The van der Waals surface area contributed by atoms with E-state index in [-0.39, 0.29) is 15.4 Å². The van der Waals surface area contributed by atoms with Gasteiger partial charge in [0.25, 0.3) is 5.91 Å². The fraction of sp³-hybridized carbons (Fsp3) is 0. The molecule has 0 aromatic heterocycles. The van der Waals surface area contributed by atoms with E-state index in [0.29, 0.717) is 16.8 Å². The topological polar surface area (TPSA) is 55.1 Å². The van der Waals surface area contributed by atoms with E-state index in [1.54, 1.807) is 24.3 Å². The lowest BCUT2D eigenvalue weighted by molar-refractivity contribution is 0.102. The minimum Gasteiger partial charge on any atom is -0.389 e. The summed E-state index contributed by atoms with van der Waals surface area (Å²) in [5, 5.41) is 2.71. The van der Waals surface area contributed by atoms with Crippen LogP contribution in [0.15, 0.2) is 46.9 Å². The molecular formula is C14H10BrFN2OS. The second kappa shape index (κ2) is 6.11. The van der Waals surface area contributed by atoms with Gasteiger partial charge in [-0.2, -0.15) is 0 Å². The first-order chi connectivity index (χ1) is 9.49. The lowest BCUT2D eigenvalue weighted by Gasteiger charge is -2.10. The molecule has 1 amide bonds. The minimum atomic E-state index is -0.426. The average molecular weight is 353 g/mol. The third-order valence-corrected chi connectivity index (χ3v) is 3.45. The molecule has 0 saturated carbocycles. The molecule has 6 heteroatoms. The summed E-state index contributed by atoms with van der Waals surface area (Å²) in [6, 6.07) is 11.0. The highest BCUT2D eigenvalue weighted by atomic mass is 79.9. The smallest absolute Gasteiger partial charge is 0.255 e. The molecule has 3 N–H and O–H groups in total. The number of hydrogen-bond donors (Lipinski definition) is 2. The van der Waals surface area contributed by atoms with Crippen molar-refractivity contribution < 1.29 is 9.18 Å². The number of carbonyl (C=O) groups excluding carboxylic acids is 1. The summed E-state index contributed by atoms with van der Waals surface area (Å²) >= 11 is 7.97. The van der Waals surface area contributed by atoms with Crippen LogP contribution in [0.5, 0.6) is 0 Å². The first kappa shape index (κ1) is 14.6. The first-order valence-electron chi connectivity index (χ1n) is 5.64. The van der Waals surface area contributed by atoms with Gasteiger partial charge in [0, 0.05) is 11.1 Å². The van der Waals surface area contributed by atoms with Crippen LogP contribution in [0.3, 0.4) is 0 Å². The van der Waals surface area contributed by atoms with Gasteiger partial charge in [0.2, 0.25) is 0 Å². The number of thiocarbonyl (C=S) groups is 1. The van der Waals surface area contributed by atoms with E-state index >= 15 is 0 Å². The van der Waals surface area contributed by atoms with Crippen LogP contribution in [0.4, 0.5) is 10.1 Å². The molecule has 0 radical (unpaired) electrons. The van der Waals surface area contributed by atoms with Crippen LogP contribution < -0.4 is 11.1 Å². The van der Waals surface area contributed by atoms with Crippen molar-refractivity contribution >= 4 is 44.7 Å². The van der Waals surface area contributed by atoms with Gasteiger partial charge in [-0.15, -0.1) is 0 Å². The molecule has 0 unspecified atom stereocenters. The van der Waals surface area contributed by atoms with Crippen molar-refractivity contribution in [3.8, 4) is 0 Å². The largest absolute Gasteiger partial charge is 0.389 e. The lowest BCUT2D eigenvalue weighted by atomic mass is 10.1. The van der Waals surface area contributed by atoms with E-state index < -0.39 is 5.82 Å². The van der Waals surface area contributed by atoms with Crippen LogP contribution in [0, 0.1) is 5.82 Å². The number of amides is 1. The van der Waals surface area contributed by atoms with Gasteiger partial charge in [0.15, 0.2) is 0 Å². The minimum absolute atomic E-state index is 0.196. The van der Waals surface area contributed by atoms with E-state index in [1.165, 1.54) is 18.2 Å². The van der Waals surface area contributed by atoms with E-state index in [2.05, 4.69) is 21.2 Å². The number of benzene rings is 2. The SMILES string of the molecule is NC(=S)c1ccccc1NC(=O)c1ccc(F)c(Br)c1. The van der Waals surface area contributed by atoms with Crippen LogP contribution in [0.1, 0.15) is 15.9 Å². The van der Waals surface area contributed by atoms with Gasteiger partial charge >= 0.3 is 0 Å². The Labute approximate surface area is 129 Å². The molecule has 20 heavy (non-hydrogen) atoms. The summed E-state index contributed by atoms with van der Waals surface area (Å²) in [5.74, 6) is -0.792. The molecule has 0 aliphatic carbocycles. The Balaban J connectivity index is 2.28. The molecule has 0 aliphatic heterocycles. The number of nitrogens with two attached hydrogens (primary N) is 1. The maximum Gasteiger partial charge on any atom is 0.255 e. The zero-order valence-corrected chi connectivity index (χ0v) is 12.6. The molecule has 102 valence electrons. The highest BCUT2D eigenvalue weighted by Crippen LogP contribution is 2.19. The molecule has 3 nitrogen and oxygen atoms in total. The second-order valence-corrected chi connectivity index (χ2v) is 5.29. The summed E-state index contributed by atoms with van der Waals surface area (Å²) in [7, 11) is 0. The number of hydrogen-bond acceptors (Lipinski definition) is 2. The Kier molecular flexibility index (Phi) is 4.46. The lowest BCUT2D eigenvalue weighted by Crippen LogP contribution is -2.17. The van der Waals surface area contributed by atoms with Gasteiger partial charge in [-0.25, -0.2) is 4.39 Å². The number of nitrogens with one attached hydrogen (secondary N) is 1. The standard InChI is InChI=1S/C14H10BrFN2OS/c15-10-7-8(5-6-11(10)16)14(19)18-12-4-2-1-3-9(12)13(17)20/h1-7H,(H2,17,20)(H,18,19). The molecule has 0 bridgehead atoms. The molecule has 0 atom stereocenters. The summed E-state index contributed by atoms with van der Waals surface area (Å²) < 4.78 is 13.4. The third kappa shape index (κ3) is 3.20. The third-order valence-electron chi connectivity index (χ3n) is 2.62. The number of anilines is 1. The molecule has 0 heterocycles. The Morgan fingerprint density at radius 2 is 1.95 bits per heavy atom. The second-order valence-electron chi connectivity index (χ2n) is 3.99. The predicted molar refractivity (Wildman–Crippen MR) is 84.4 cm³/mol.